The normalized spacial score (nSPS) is 10.9. The molecule has 2 rings (SSSR count). The molecule has 0 fully saturated rings. The number of benzene rings is 1. The number of nitrogens with one attached hydrogen (secondary N) is 1. The molecular weight excluding hydrogens is 312 g/mol. The number of aromatic nitrogens is 1. The lowest BCUT2D eigenvalue weighted by Crippen LogP contribution is -2.27. The molecule has 0 saturated carbocycles. The van der Waals surface area contributed by atoms with Crippen molar-refractivity contribution in [3.8, 4) is 0 Å². The van der Waals surface area contributed by atoms with Crippen molar-refractivity contribution in [2.45, 2.75) is 27.2 Å². The number of thioether (sulfide) groups is 1. The van der Waals surface area contributed by atoms with Crippen molar-refractivity contribution >= 4 is 45.0 Å². The summed E-state index contributed by atoms with van der Waals surface area (Å²) in [6, 6.07) is 6.11. The number of nitrogens with zero attached hydrogens (tertiary/aromatic N) is 1. The number of thiocarbonyl (C=S) groups is 1. The summed E-state index contributed by atoms with van der Waals surface area (Å²) in [5, 5.41) is 1.01. The van der Waals surface area contributed by atoms with E-state index >= 15 is 0 Å². The van der Waals surface area contributed by atoms with E-state index in [0.717, 1.165) is 40.3 Å². The number of fused-ring (bicyclic) bond motifs is 1. The average molecular weight is 335 g/mol. The number of ketones is 1. The van der Waals surface area contributed by atoms with Gasteiger partial charge in [-0.15, -0.1) is 0 Å². The molecule has 2 aromatic rings. The Morgan fingerprint density at radius 3 is 2.64 bits per heavy atom. The average Bonchev–Trinajstić information content (AvgIpc) is 2.97. The predicted molar refractivity (Wildman–Crippen MR) is 100.0 cm³/mol. The van der Waals surface area contributed by atoms with Gasteiger partial charge in [-0.1, -0.05) is 49.1 Å². The second-order valence-corrected chi connectivity index (χ2v) is 6.65. The second kappa shape index (κ2) is 7.79. The van der Waals surface area contributed by atoms with E-state index in [-0.39, 0.29) is 5.78 Å². The number of rotatable bonds is 6. The minimum atomic E-state index is 0.124. The monoisotopic (exact) mass is 334 g/mol. The Morgan fingerprint density at radius 2 is 2.00 bits per heavy atom. The maximum absolute atomic E-state index is 12.5. The SMILES string of the molecule is CCc1cccc2c(C(=O)CSC(=S)N(CC)CC)c[nH]c12. The molecule has 0 aliphatic rings. The molecule has 1 aromatic heterocycles. The van der Waals surface area contributed by atoms with Gasteiger partial charge in [0.15, 0.2) is 5.78 Å². The molecule has 0 saturated heterocycles. The van der Waals surface area contributed by atoms with Gasteiger partial charge in [0.1, 0.15) is 4.32 Å². The van der Waals surface area contributed by atoms with Crippen LogP contribution >= 0.6 is 24.0 Å². The number of H-pyrrole nitrogens is 1. The highest BCUT2D eigenvalue weighted by molar-refractivity contribution is 8.23. The second-order valence-electron chi connectivity index (χ2n) is 5.05. The van der Waals surface area contributed by atoms with E-state index in [1.807, 2.05) is 18.3 Å². The lowest BCUT2D eigenvalue weighted by Gasteiger charge is -2.20. The maximum Gasteiger partial charge on any atom is 0.175 e. The number of carbonyl (C=O) groups excluding carboxylic acids is 1. The van der Waals surface area contributed by atoms with Crippen molar-refractivity contribution in [2.75, 3.05) is 18.8 Å². The first-order valence-electron chi connectivity index (χ1n) is 7.66. The van der Waals surface area contributed by atoms with Gasteiger partial charge in [-0.25, -0.2) is 0 Å². The smallest absolute Gasteiger partial charge is 0.175 e. The molecular formula is C17H22N2OS2. The lowest BCUT2D eigenvalue weighted by atomic mass is 10.1. The van der Waals surface area contributed by atoms with Crippen molar-refractivity contribution in [3.05, 3.63) is 35.5 Å². The van der Waals surface area contributed by atoms with Crippen molar-refractivity contribution in [2.24, 2.45) is 0 Å². The van der Waals surface area contributed by atoms with Crippen molar-refractivity contribution in [3.63, 3.8) is 0 Å². The summed E-state index contributed by atoms with van der Waals surface area (Å²) in [5.41, 5.74) is 3.08. The van der Waals surface area contributed by atoms with Crippen LogP contribution in [0.25, 0.3) is 10.9 Å². The van der Waals surface area contributed by atoms with E-state index in [2.05, 4.69) is 36.7 Å². The first-order valence-corrected chi connectivity index (χ1v) is 9.05. The van der Waals surface area contributed by atoms with E-state index in [4.69, 9.17) is 12.2 Å². The molecule has 0 spiro atoms. The van der Waals surface area contributed by atoms with Crippen LogP contribution in [0, 0.1) is 0 Å². The van der Waals surface area contributed by atoms with Crippen LogP contribution < -0.4 is 0 Å². The van der Waals surface area contributed by atoms with Crippen molar-refractivity contribution in [1.29, 1.82) is 0 Å². The summed E-state index contributed by atoms with van der Waals surface area (Å²) in [5.74, 6) is 0.512. The standard InChI is InChI=1S/C17H22N2OS2/c1-4-12-8-7-9-13-14(10-18-16(12)13)15(20)11-22-17(21)19(5-2)6-3/h7-10,18H,4-6,11H2,1-3H3. The van der Waals surface area contributed by atoms with E-state index in [1.165, 1.54) is 17.3 Å². The molecule has 1 aromatic carbocycles. The van der Waals surface area contributed by atoms with Gasteiger partial charge in [0.2, 0.25) is 0 Å². The molecule has 0 aliphatic carbocycles. The van der Waals surface area contributed by atoms with Gasteiger partial charge in [0.25, 0.3) is 0 Å². The van der Waals surface area contributed by atoms with Crippen LogP contribution in [-0.4, -0.2) is 38.8 Å². The Labute approximate surface area is 141 Å². The van der Waals surface area contributed by atoms with E-state index in [9.17, 15) is 4.79 Å². The van der Waals surface area contributed by atoms with E-state index in [1.54, 1.807) is 0 Å². The third kappa shape index (κ3) is 3.52. The van der Waals surface area contributed by atoms with Gasteiger partial charge in [-0.3, -0.25) is 4.79 Å². The van der Waals surface area contributed by atoms with E-state index in [0.29, 0.717) is 5.75 Å². The van der Waals surface area contributed by atoms with Crippen LogP contribution in [0.3, 0.4) is 0 Å². The highest BCUT2D eigenvalue weighted by Crippen LogP contribution is 2.24. The zero-order valence-corrected chi connectivity index (χ0v) is 14.9. The van der Waals surface area contributed by atoms with Gasteiger partial charge in [0.05, 0.1) is 5.75 Å². The third-order valence-electron chi connectivity index (χ3n) is 3.83. The van der Waals surface area contributed by atoms with E-state index < -0.39 is 0 Å². The quantitative estimate of drug-likeness (QED) is 0.632. The molecule has 0 atom stereocenters. The molecule has 22 heavy (non-hydrogen) atoms. The number of carbonyl (C=O) groups is 1. The van der Waals surface area contributed by atoms with Crippen LogP contribution in [0.1, 0.15) is 36.7 Å². The number of hydrogen-bond donors (Lipinski definition) is 1. The van der Waals surface area contributed by atoms with Gasteiger partial charge in [-0.2, -0.15) is 0 Å². The van der Waals surface area contributed by atoms with Crippen LogP contribution in [0.15, 0.2) is 24.4 Å². The fourth-order valence-electron chi connectivity index (χ4n) is 2.52. The summed E-state index contributed by atoms with van der Waals surface area (Å²) < 4.78 is 0.799. The summed E-state index contributed by atoms with van der Waals surface area (Å²) in [6.07, 6.45) is 2.78. The molecule has 3 nitrogen and oxygen atoms in total. The Balaban J connectivity index is 2.12. The predicted octanol–water partition coefficient (Wildman–Crippen LogP) is 4.27. The van der Waals surface area contributed by atoms with Crippen LogP contribution in [-0.2, 0) is 6.42 Å². The zero-order valence-electron chi connectivity index (χ0n) is 13.3. The molecule has 1 N–H and O–H groups in total. The first-order chi connectivity index (χ1) is 10.6. The Morgan fingerprint density at radius 1 is 1.27 bits per heavy atom. The first kappa shape index (κ1) is 17.0. The fourth-order valence-corrected chi connectivity index (χ4v) is 3.81. The summed E-state index contributed by atoms with van der Waals surface area (Å²) in [6.45, 7) is 8.02. The van der Waals surface area contributed by atoms with Crippen LogP contribution in [0.4, 0.5) is 0 Å². The Kier molecular flexibility index (Phi) is 6.03. The molecule has 1 heterocycles. The van der Waals surface area contributed by atoms with Crippen molar-refractivity contribution in [1.82, 2.24) is 9.88 Å². The largest absolute Gasteiger partial charge is 0.360 e. The Bertz CT molecular complexity index is 674. The van der Waals surface area contributed by atoms with Gasteiger partial charge in [0, 0.05) is 35.8 Å². The molecule has 0 unspecified atom stereocenters. The summed E-state index contributed by atoms with van der Waals surface area (Å²) >= 11 is 6.84. The van der Waals surface area contributed by atoms with Crippen molar-refractivity contribution < 1.29 is 4.79 Å². The summed E-state index contributed by atoms with van der Waals surface area (Å²) in [7, 11) is 0. The van der Waals surface area contributed by atoms with Gasteiger partial charge < -0.3 is 9.88 Å². The molecule has 0 amide bonds. The Hall–Kier alpha value is -1.33. The molecule has 0 bridgehead atoms. The molecule has 0 aliphatic heterocycles. The highest BCUT2D eigenvalue weighted by atomic mass is 32.2. The number of hydrogen-bond acceptors (Lipinski definition) is 3. The molecule has 0 radical (unpaired) electrons. The lowest BCUT2D eigenvalue weighted by molar-refractivity contribution is 0.102. The maximum atomic E-state index is 12.5. The number of aryl methyl sites for hydroxylation is 1. The van der Waals surface area contributed by atoms with Crippen LogP contribution in [0.2, 0.25) is 0 Å². The topological polar surface area (TPSA) is 36.1 Å². The number of aromatic amines is 1. The highest BCUT2D eigenvalue weighted by Gasteiger charge is 2.15. The molecule has 118 valence electrons. The minimum absolute atomic E-state index is 0.124. The van der Waals surface area contributed by atoms with Crippen LogP contribution in [0.5, 0.6) is 0 Å². The molecule has 5 heteroatoms. The summed E-state index contributed by atoms with van der Waals surface area (Å²) in [4.78, 5) is 17.8. The van der Waals surface area contributed by atoms with Gasteiger partial charge >= 0.3 is 0 Å². The van der Waals surface area contributed by atoms with Gasteiger partial charge in [-0.05, 0) is 25.8 Å². The number of para-hydroxylation sites is 1. The third-order valence-corrected chi connectivity index (χ3v) is 5.35. The zero-order chi connectivity index (χ0) is 16.1. The fraction of sp³-hybridized carbons (Fsp3) is 0.412. The number of Topliss-reactive ketones (excluding diaryl/α,β-unsaturated/α-hetero) is 1. The minimum Gasteiger partial charge on any atom is -0.360 e.